The highest BCUT2D eigenvalue weighted by Gasteiger charge is 2.42. The molecule has 1 aromatic heterocycles. The van der Waals surface area contributed by atoms with Crippen LogP contribution in [0.2, 0.25) is 0 Å². The van der Waals surface area contributed by atoms with Crippen molar-refractivity contribution < 1.29 is 24.5 Å². The Morgan fingerprint density at radius 3 is 2.22 bits per heavy atom. The highest BCUT2D eigenvalue weighted by atomic mass is 16.5. The average molecular weight is 364 g/mol. The number of nitrogens with zero attached hydrogens (tertiary/aromatic N) is 2. The van der Waals surface area contributed by atoms with Gasteiger partial charge in [0.1, 0.15) is 22.6 Å². The van der Waals surface area contributed by atoms with Crippen LogP contribution in [-0.2, 0) is 6.54 Å². The molecule has 7 nitrogen and oxygen atoms in total. The summed E-state index contributed by atoms with van der Waals surface area (Å²) in [5.74, 6) is -1.40. The summed E-state index contributed by atoms with van der Waals surface area (Å²) in [5.41, 5.74) is 1.02. The minimum atomic E-state index is -0.663. The number of carbonyl (C=O) groups excluding carboxylic acids is 2. The van der Waals surface area contributed by atoms with Crippen LogP contribution in [0.25, 0.3) is 10.9 Å². The molecule has 0 saturated carbocycles. The number of phenolic OH excluding ortho intramolecular Hbond substituents is 2. The maximum absolute atomic E-state index is 12.8. The maximum Gasteiger partial charge on any atom is 0.265 e. The summed E-state index contributed by atoms with van der Waals surface area (Å²) in [5, 5.41) is 21.4. The first-order chi connectivity index (χ1) is 12.9. The Morgan fingerprint density at radius 2 is 1.59 bits per heavy atom. The van der Waals surface area contributed by atoms with Gasteiger partial charge in [-0.1, -0.05) is 12.1 Å². The zero-order valence-corrected chi connectivity index (χ0v) is 14.7. The third-order valence-corrected chi connectivity index (χ3v) is 4.66. The predicted molar refractivity (Wildman–Crippen MR) is 97.0 cm³/mol. The number of hydrogen-bond donors (Lipinski definition) is 2. The lowest BCUT2D eigenvalue weighted by Crippen LogP contribution is -2.29. The summed E-state index contributed by atoms with van der Waals surface area (Å²) in [4.78, 5) is 30.8. The van der Waals surface area contributed by atoms with Gasteiger partial charge >= 0.3 is 0 Å². The number of aromatic nitrogens is 1. The van der Waals surface area contributed by atoms with Crippen LogP contribution in [0.15, 0.2) is 36.4 Å². The van der Waals surface area contributed by atoms with Crippen molar-refractivity contribution in [2.75, 3.05) is 7.11 Å². The molecule has 3 aromatic rings. The lowest BCUT2D eigenvalue weighted by Gasteiger charge is -2.14. The first kappa shape index (κ1) is 16.8. The first-order valence-corrected chi connectivity index (χ1v) is 8.26. The fraction of sp³-hybridized carbons (Fsp3) is 0.150. The number of pyridine rings is 1. The van der Waals surface area contributed by atoms with Gasteiger partial charge in [0, 0.05) is 11.1 Å². The lowest BCUT2D eigenvalue weighted by atomic mass is 10.0. The fourth-order valence-corrected chi connectivity index (χ4v) is 3.25. The number of aromatic hydroxyl groups is 2. The number of hydrogen-bond acceptors (Lipinski definition) is 6. The molecule has 0 spiro atoms. The first-order valence-electron chi connectivity index (χ1n) is 8.26. The summed E-state index contributed by atoms with van der Waals surface area (Å²) in [6.07, 6.45) is 0. The number of benzene rings is 2. The zero-order valence-electron chi connectivity index (χ0n) is 14.7. The van der Waals surface area contributed by atoms with Crippen molar-refractivity contribution in [2.24, 2.45) is 0 Å². The molecule has 136 valence electrons. The van der Waals surface area contributed by atoms with Gasteiger partial charge in [-0.3, -0.25) is 14.5 Å². The normalized spacial score (nSPS) is 13.3. The van der Waals surface area contributed by atoms with Gasteiger partial charge in [-0.25, -0.2) is 4.98 Å². The Hall–Kier alpha value is -3.61. The van der Waals surface area contributed by atoms with Crippen LogP contribution in [0.5, 0.6) is 17.2 Å². The summed E-state index contributed by atoms with van der Waals surface area (Å²) in [6.45, 7) is 1.74. The van der Waals surface area contributed by atoms with Crippen molar-refractivity contribution in [3.63, 3.8) is 0 Å². The van der Waals surface area contributed by atoms with Crippen molar-refractivity contribution in [1.82, 2.24) is 9.88 Å². The van der Waals surface area contributed by atoms with E-state index in [1.807, 2.05) is 0 Å². The van der Waals surface area contributed by atoms with Gasteiger partial charge in [0.2, 0.25) is 0 Å². The molecule has 0 aliphatic carbocycles. The van der Waals surface area contributed by atoms with Crippen molar-refractivity contribution >= 4 is 22.7 Å². The van der Waals surface area contributed by atoms with E-state index in [1.54, 1.807) is 50.4 Å². The molecule has 0 fully saturated rings. The molecule has 27 heavy (non-hydrogen) atoms. The molecular formula is C20H16N2O5. The van der Waals surface area contributed by atoms with Gasteiger partial charge < -0.3 is 14.9 Å². The lowest BCUT2D eigenvalue weighted by molar-refractivity contribution is 0.0641. The van der Waals surface area contributed by atoms with E-state index in [0.29, 0.717) is 17.0 Å². The topological polar surface area (TPSA) is 100.0 Å². The largest absolute Gasteiger partial charge is 0.506 e. The van der Waals surface area contributed by atoms with Crippen LogP contribution < -0.4 is 4.74 Å². The van der Waals surface area contributed by atoms with Crippen LogP contribution in [-0.4, -0.2) is 39.0 Å². The van der Waals surface area contributed by atoms with E-state index in [1.165, 1.54) is 0 Å². The van der Waals surface area contributed by atoms with Crippen molar-refractivity contribution in [3.05, 3.63) is 58.8 Å². The van der Waals surface area contributed by atoms with E-state index >= 15 is 0 Å². The number of amides is 2. The molecule has 1 aliphatic heterocycles. The summed E-state index contributed by atoms with van der Waals surface area (Å²) >= 11 is 0. The Labute approximate surface area is 154 Å². The standard InChI is InChI=1S/C20H16N2O5/c1-10-3-8-13-16(21-10)18(24)15-14(17(13)23)19(25)22(20(15)26)9-11-4-6-12(27-2)7-5-11/h3-8,23-24H,9H2,1-2H3. The monoisotopic (exact) mass is 364 g/mol. The fourth-order valence-electron chi connectivity index (χ4n) is 3.25. The predicted octanol–water partition coefficient (Wildman–Crippen LogP) is 2.76. The quantitative estimate of drug-likeness (QED) is 0.548. The number of phenols is 2. The Balaban J connectivity index is 1.81. The molecule has 0 saturated heterocycles. The highest BCUT2D eigenvalue weighted by Crippen LogP contribution is 2.43. The second-order valence-electron chi connectivity index (χ2n) is 6.34. The highest BCUT2D eigenvalue weighted by molar-refractivity contribution is 6.26. The molecule has 2 heterocycles. The van der Waals surface area contributed by atoms with Gasteiger partial charge in [-0.15, -0.1) is 0 Å². The Morgan fingerprint density at radius 1 is 0.963 bits per heavy atom. The number of carbonyl (C=O) groups is 2. The molecule has 2 aromatic carbocycles. The molecule has 0 atom stereocenters. The molecular weight excluding hydrogens is 348 g/mol. The second kappa shape index (κ2) is 5.98. The summed E-state index contributed by atoms with van der Waals surface area (Å²) < 4.78 is 5.10. The molecule has 4 rings (SSSR count). The average Bonchev–Trinajstić information content (AvgIpc) is 2.91. The van der Waals surface area contributed by atoms with Crippen LogP contribution in [0, 0.1) is 6.92 Å². The molecule has 0 bridgehead atoms. The van der Waals surface area contributed by atoms with E-state index in [9.17, 15) is 19.8 Å². The second-order valence-corrected chi connectivity index (χ2v) is 6.34. The van der Waals surface area contributed by atoms with Gasteiger partial charge in [-0.05, 0) is 36.8 Å². The molecule has 0 radical (unpaired) electrons. The summed E-state index contributed by atoms with van der Waals surface area (Å²) in [7, 11) is 1.55. The van der Waals surface area contributed by atoms with Crippen molar-refractivity contribution in [1.29, 1.82) is 0 Å². The van der Waals surface area contributed by atoms with Gasteiger partial charge in [-0.2, -0.15) is 0 Å². The third-order valence-electron chi connectivity index (χ3n) is 4.66. The number of ether oxygens (including phenoxy) is 1. The number of aryl methyl sites for hydroxylation is 1. The van der Waals surface area contributed by atoms with Gasteiger partial charge in [0.15, 0.2) is 5.75 Å². The van der Waals surface area contributed by atoms with E-state index in [2.05, 4.69) is 4.98 Å². The van der Waals surface area contributed by atoms with Crippen LogP contribution >= 0.6 is 0 Å². The van der Waals surface area contributed by atoms with Crippen LogP contribution in [0.1, 0.15) is 32.0 Å². The van der Waals surface area contributed by atoms with E-state index in [0.717, 1.165) is 4.90 Å². The maximum atomic E-state index is 12.8. The zero-order chi connectivity index (χ0) is 19.3. The number of rotatable bonds is 3. The van der Waals surface area contributed by atoms with Gasteiger partial charge in [0.05, 0.1) is 19.2 Å². The van der Waals surface area contributed by atoms with E-state index in [-0.39, 0.29) is 34.3 Å². The molecule has 0 unspecified atom stereocenters. The van der Waals surface area contributed by atoms with Crippen LogP contribution in [0.4, 0.5) is 0 Å². The smallest absolute Gasteiger partial charge is 0.265 e. The van der Waals surface area contributed by atoms with Gasteiger partial charge in [0.25, 0.3) is 11.8 Å². The number of imide groups is 1. The molecule has 1 aliphatic rings. The van der Waals surface area contributed by atoms with E-state index < -0.39 is 17.6 Å². The number of methoxy groups -OCH3 is 1. The molecule has 2 amide bonds. The molecule has 2 N–H and O–H groups in total. The summed E-state index contributed by atoms with van der Waals surface area (Å²) in [6, 6.07) is 10.2. The Bertz CT molecular complexity index is 1110. The Kier molecular flexibility index (Phi) is 3.73. The third kappa shape index (κ3) is 2.47. The molecule has 7 heteroatoms. The van der Waals surface area contributed by atoms with Crippen LogP contribution in [0.3, 0.4) is 0 Å². The van der Waals surface area contributed by atoms with Crippen molar-refractivity contribution in [2.45, 2.75) is 13.5 Å². The van der Waals surface area contributed by atoms with Crippen molar-refractivity contribution in [3.8, 4) is 17.2 Å². The minimum Gasteiger partial charge on any atom is -0.506 e. The SMILES string of the molecule is COc1ccc(CN2C(=O)c3c(c(O)c4nc(C)ccc4c3O)C2=O)cc1. The minimum absolute atomic E-state index is 0.0119. The number of fused-ring (bicyclic) bond motifs is 2. The van der Waals surface area contributed by atoms with E-state index in [4.69, 9.17) is 4.74 Å².